The summed E-state index contributed by atoms with van der Waals surface area (Å²) in [5.41, 5.74) is -0.766. The molecule has 1 aromatic rings. The monoisotopic (exact) mass is 336 g/mol. The molecule has 7 heteroatoms. The third-order valence-corrected chi connectivity index (χ3v) is 4.90. The van der Waals surface area contributed by atoms with E-state index in [0.29, 0.717) is 24.5 Å². The van der Waals surface area contributed by atoms with Crippen molar-refractivity contribution in [1.29, 1.82) is 0 Å². The standard InChI is InChI=1S/C17H24N2O5/c1-12-4-6-17(7-5-12)15(21)19(16(22)18-17)9-13(20)10-23-11-14-3-2-8-24-14/h2-3,8,12-13,20H,4-7,9-11H2,1H3,(H,18,22)/t12?,13-,17?/m0/s1. The molecule has 7 nitrogen and oxygen atoms in total. The van der Waals surface area contributed by atoms with E-state index in [0.717, 1.165) is 17.7 Å². The average Bonchev–Trinajstić information content (AvgIpc) is 3.14. The van der Waals surface area contributed by atoms with Gasteiger partial charge in [-0.05, 0) is 43.7 Å². The maximum Gasteiger partial charge on any atom is 0.325 e. The van der Waals surface area contributed by atoms with Gasteiger partial charge in [0.2, 0.25) is 0 Å². The van der Waals surface area contributed by atoms with E-state index < -0.39 is 17.7 Å². The fourth-order valence-electron chi connectivity index (χ4n) is 3.39. The van der Waals surface area contributed by atoms with Gasteiger partial charge in [-0.15, -0.1) is 0 Å². The van der Waals surface area contributed by atoms with Crippen molar-refractivity contribution >= 4 is 11.9 Å². The van der Waals surface area contributed by atoms with E-state index in [-0.39, 0.29) is 25.7 Å². The Morgan fingerprint density at radius 1 is 1.46 bits per heavy atom. The van der Waals surface area contributed by atoms with Crippen LogP contribution in [0.4, 0.5) is 4.79 Å². The van der Waals surface area contributed by atoms with Crippen molar-refractivity contribution < 1.29 is 23.8 Å². The number of urea groups is 1. The minimum Gasteiger partial charge on any atom is -0.467 e. The smallest absolute Gasteiger partial charge is 0.325 e. The van der Waals surface area contributed by atoms with Crippen molar-refractivity contribution in [3.8, 4) is 0 Å². The SMILES string of the molecule is CC1CCC2(CC1)NC(=O)N(C[C@H](O)COCc1ccco1)C2=O. The second kappa shape index (κ2) is 6.94. The number of aliphatic hydroxyl groups is 1. The van der Waals surface area contributed by atoms with E-state index in [9.17, 15) is 14.7 Å². The second-order valence-electron chi connectivity index (χ2n) is 6.86. The Bertz CT molecular complexity index is 578. The Morgan fingerprint density at radius 3 is 2.88 bits per heavy atom. The molecule has 0 bridgehead atoms. The number of furan rings is 1. The van der Waals surface area contributed by atoms with Gasteiger partial charge < -0.3 is 19.6 Å². The van der Waals surface area contributed by atoms with Crippen molar-refractivity contribution in [2.45, 2.75) is 50.9 Å². The molecule has 24 heavy (non-hydrogen) atoms. The zero-order chi connectivity index (χ0) is 17.2. The third-order valence-electron chi connectivity index (χ3n) is 4.90. The number of hydrogen-bond donors (Lipinski definition) is 2. The fourth-order valence-corrected chi connectivity index (χ4v) is 3.39. The van der Waals surface area contributed by atoms with Crippen molar-refractivity contribution in [2.75, 3.05) is 13.2 Å². The first-order chi connectivity index (χ1) is 11.5. The van der Waals surface area contributed by atoms with Gasteiger partial charge in [-0.2, -0.15) is 0 Å². The molecule has 3 rings (SSSR count). The molecule has 132 valence electrons. The second-order valence-corrected chi connectivity index (χ2v) is 6.86. The van der Waals surface area contributed by atoms with E-state index in [4.69, 9.17) is 9.15 Å². The van der Waals surface area contributed by atoms with Gasteiger partial charge in [-0.3, -0.25) is 9.69 Å². The average molecular weight is 336 g/mol. The summed E-state index contributed by atoms with van der Waals surface area (Å²) >= 11 is 0. The number of aliphatic hydroxyl groups excluding tert-OH is 1. The lowest BCUT2D eigenvalue weighted by atomic mass is 9.77. The number of nitrogens with one attached hydrogen (secondary N) is 1. The number of carbonyl (C=O) groups excluding carboxylic acids is 2. The summed E-state index contributed by atoms with van der Waals surface area (Å²) in [6, 6.07) is 3.12. The van der Waals surface area contributed by atoms with Crippen molar-refractivity contribution in [3.05, 3.63) is 24.2 Å². The molecule has 1 aliphatic heterocycles. The molecule has 1 saturated heterocycles. The highest BCUT2D eigenvalue weighted by atomic mass is 16.5. The van der Waals surface area contributed by atoms with Crippen LogP contribution in [0.15, 0.2) is 22.8 Å². The van der Waals surface area contributed by atoms with Gasteiger partial charge in [0.1, 0.15) is 17.9 Å². The Balaban J connectivity index is 1.51. The predicted molar refractivity (Wildman–Crippen MR) is 85.0 cm³/mol. The molecule has 0 aromatic carbocycles. The molecule has 2 aliphatic rings. The molecule has 2 N–H and O–H groups in total. The summed E-state index contributed by atoms with van der Waals surface area (Å²) in [6.45, 7) is 2.37. The van der Waals surface area contributed by atoms with Gasteiger partial charge in [-0.1, -0.05) is 6.92 Å². The lowest BCUT2D eigenvalue weighted by Crippen LogP contribution is -2.49. The summed E-state index contributed by atoms with van der Waals surface area (Å²) in [5.74, 6) is 1.02. The normalized spacial score (nSPS) is 28.4. The number of β-amino-alcohol motifs (C(OH)–C–C–N with tert-alkyl or cyclic N) is 1. The molecule has 1 atom stereocenters. The number of carbonyl (C=O) groups is 2. The Labute approximate surface area is 140 Å². The minimum atomic E-state index is -0.924. The summed E-state index contributed by atoms with van der Waals surface area (Å²) < 4.78 is 10.5. The number of amides is 3. The number of nitrogens with zero attached hydrogens (tertiary/aromatic N) is 1. The van der Waals surface area contributed by atoms with Crippen LogP contribution in [0.3, 0.4) is 0 Å². The number of imide groups is 1. The van der Waals surface area contributed by atoms with Gasteiger partial charge in [-0.25, -0.2) is 4.79 Å². The predicted octanol–water partition coefficient (Wildman–Crippen LogP) is 1.66. The Hall–Kier alpha value is -1.86. The van der Waals surface area contributed by atoms with E-state index in [1.54, 1.807) is 18.4 Å². The highest BCUT2D eigenvalue weighted by molar-refractivity contribution is 6.07. The van der Waals surface area contributed by atoms with Crippen LogP contribution in [0.1, 0.15) is 38.4 Å². The van der Waals surface area contributed by atoms with Gasteiger partial charge in [0.05, 0.1) is 25.5 Å². The van der Waals surface area contributed by atoms with Crippen molar-refractivity contribution in [3.63, 3.8) is 0 Å². The van der Waals surface area contributed by atoms with Crippen LogP contribution in [0.2, 0.25) is 0 Å². The van der Waals surface area contributed by atoms with Crippen LogP contribution in [0.25, 0.3) is 0 Å². The van der Waals surface area contributed by atoms with Gasteiger partial charge in [0.15, 0.2) is 0 Å². The number of rotatable bonds is 6. The highest BCUT2D eigenvalue weighted by Crippen LogP contribution is 2.36. The van der Waals surface area contributed by atoms with Crippen LogP contribution in [-0.4, -0.2) is 46.7 Å². The van der Waals surface area contributed by atoms with E-state index in [1.807, 2.05) is 0 Å². The highest BCUT2D eigenvalue weighted by Gasteiger charge is 2.52. The first kappa shape index (κ1) is 17.0. The van der Waals surface area contributed by atoms with Crippen molar-refractivity contribution in [1.82, 2.24) is 10.2 Å². The van der Waals surface area contributed by atoms with Crippen LogP contribution in [0.5, 0.6) is 0 Å². The molecule has 3 amide bonds. The number of ether oxygens (including phenoxy) is 1. The summed E-state index contributed by atoms with van der Waals surface area (Å²) in [7, 11) is 0. The Kier molecular flexibility index (Phi) is 4.91. The van der Waals surface area contributed by atoms with Crippen molar-refractivity contribution in [2.24, 2.45) is 5.92 Å². The summed E-state index contributed by atoms with van der Waals surface area (Å²) in [5, 5.41) is 12.9. The molecule has 2 fully saturated rings. The lowest BCUT2D eigenvalue weighted by molar-refractivity contribution is -0.134. The first-order valence-electron chi connectivity index (χ1n) is 8.42. The summed E-state index contributed by atoms with van der Waals surface area (Å²) in [6.07, 6.45) is 3.81. The van der Waals surface area contributed by atoms with Crippen LogP contribution in [0, 0.1) is 5.92 Å². The zero-order valence-electron chi connectivity index (χ0n) is 13.9. The molecule has 0 unspecified atom stereocenters. The van der Waals surface area contributed by atoms with Gasteiger partial charge in [0, 0.05) is 0 Å². The minimum absolute atomic E-state index is 0.0296. The third kappa shape index (κ3) is 3.47. The quantitative estimate of drug-likeness (QED) is 0.771. The molecule has 1 aliphatic carbocycles. The molecular weight excluding hydrogens is 312 g/mol. The van der Waals surface area contributed by atoms with Crippen LogP contribution in [-0.2, 0) is 16.1 Å². The van der Waals surface area contributed by atoms with E-state index in [2.05, 4.69) is 12.2 Å². The fraction of sp³-hybridized carbons (Fsp3) is 0.647. The largest absolute Gasteiger partial charge is 0.467 e. The molecule has 1 saturated carbocycles. The lowest BCUT2D eigenvalue weighted by Gasteiger charge is -2.33. The maximum atomic E-state index is 12.7. The van der Waals surface area contributed by atoms with E-state index in [1.165, 1.54) is 0 Å². The molecule has 2 heterocycles. The molecule has 1 aromatic heterocycles. The topological polar surface area (TPSA) is 92.0 Å². The Morgan fingerprint density at radius 2 is 2.21 bits per heavy atom. The zero-order valence-corrected chi connectivity index (χ0v) is 13.9. The van der Waals surface area contributed by atoms with Gasteiger partial charge >= 0.3 is 6.03 Å². The molecule has 0 radical (unpaired) electrons. The van der Waals surface area contributed by atoms with Crippen LogP contribution < -0.4 is 5.32 Å². The number of hydrogen-bond acceptors (Lipinski definition) is 5. The van der Waals surface area contributed by atoms with E-state index >= 15 is 0 Å². The first-order valence-corrected chi connectivity index (χ1v) is 8.42. The molecule has 1 spiro atoms. The summed E-state index contributed by atoms with van der Waals surface area (Å²) in [4.78, 5) is 26.0. The molecular formula is C17H24N2O5. The van der Waals surface area contributed by atoms with Gasteiger partial charge in [0.25, 0.3) is 5.91 Å². The van der Waals surface area contributed by atoms with Crippen LogP contribution >= 0.6 is 0 Å². The maximum absolute atomic E-state index is 12.7.